The topological polar surface area (TPSA) is 12.0 Å². The van der Waals surface area contributed by atoms with Crippen molar-refractivity contribution in [1.29, 1.82) is 0 Å². The molecule has 21 heavy (non-hydrogen) atoms. The van der Waals surface area contributed by atoms with Crippen LogP contribution < -0.4 is 5.32 Å². The van der Waals surface area contributed by atoms with Gasteiger partial charge < -0.3 is 5.32 Å². The largest absolute Gasteiger partial charge is 0.306 e. The molecule has 0 aliphatic rings. The van der Waals surface area contributed by atoms with Gasteiger partial charge in [-0.3, -0.25) is 0 Å². The van der Waals surface area contributed by atoms with Gasteiger partial charge in [0.05, 0.1) is 6.04 Å². The second-order valence-electron chi connectivity index (χ2n) is 5.51. The summed E-state index contributed by atoms with van der Waals surface area (Å²) in [6.45, 7) is 7.04. The molecule has 112 valence electrons. The average molecular weight is 285 g/mol. The molecule has 2 aromatic carbocycles. The van der Waals surface area contributed by atoms with Gasteiger partial charge in [-0.15, -0.1) is 0 Å². The van der Waals surface area contributed by atoms with Crippen molar-refractivity contribution in [3.8, 4) is 0 Å². The molecule has 0 aliphatic heterocycles. The minimum atomic E-state index is -0.136. The van der Waals surface area contributed by atoms with E-state index >= 15 is 0 Å². The van der Waals surface area contributed by atoms with E-state index in [-0.39, 0.29) is 11.9 Å². The van der Waals surface area contributed by atoms with Crippen LogP contribution in [0.15, 0.2) is 42.5 Å². The molecule has 0 spiro atoms. The second kappa shape index (κ2) is 7.37. The van der Waals surface area contributed by atoms with Crippen LogP contribution in [-0.4, -0.2) is 6.54 Å². The molecule has 0 aliphatic carbocycles. The van der Waals surface area contributed by atoms with E-state index in [2.05, 4.69) is 43.4 Å². The summed E-state index contributed by atoms with van der Waals surface area (Å²) >= 11 is 0. The van der Waals surface area contributed by atoms with Crippen LogP contribution in [0, 0.1) is 12.7 Å². The summed E-state index contributed by atoms with van der Waals surface area (Å²) in [7, 11) is 0. The van der Waals surface area contributed by atoms with Crippen LogP contribution in [0.3, 0.4) is 0 Å². The molecule has 1 unspecified atom stereocenters. The summed E-state index contributed by atoms with van der Waals surface area (Å²) in [6, 6.07) is 13.8. The Morgan fingerprint density at radius 2 is 1.76 bits per heavy atom. The highest BCUT2D eigenvalue weighted by Crippen LogP contribution is 2.25. The average Bonchev–Trinajstić information content (AvgIpc) is 2.50. The first-order valence-electron chi connectivity index (χ1n) is 7.74. The van der Waals surface area contributed by atoms with Gasteiger partial charge in [-0.05, 0) is 49.1 Å². The van der Waals surface area contributed by atoms with Gasteiger partial charge in [0.2, 0.25) is 0 Å². The summed E-state index contributed by atoms with van der Waals surface area (Å²) in [5.41, 5.74) is 4.09. The Morgan fingerprint density at radius 3 is 2.33 bits per heavy atom. The van der Waals surface area contributed by atoms with Crippen LogP contribution >= 0.6 is 0 Å². The molecule has 2 rings (SSSR count). The SMILES string of the molecule is CCCNC(c1ccc(CC)cc1)c1ccc(C)cc1F. The maximum atomic E-state index is 14.3. The lowest BCUT2D eigenvalue weighted by atomic mass is 9.96. The van der Waals surface area contributed by atoms with Gasteiger partial charge in [0.1, 0.15) is 5.82 Å². The Bertz CT molecular complexity index is 575. The maximum Gasteiger partial charge on any atom is 0.128 e. The third-order valence-corrected chi connectivity index (χ3v) is 3.79. The molecule has 1 N–H and O–H groups in total. The molecule has 0 radical (unpaired) electrons. The van der Waals surface area contributed by atoms with E-state index in [1.54, 1.807) is 6.07 Å². The lowest BCUT2D eigenvalue weighted by Crippen LogP contribution is -2.24. The molecule has 0 bridgehead atoms. The fourth-order valence-corrected chi connectivity index (χ4v) is 2.51. The van der Waals surface area contributed by atoms with Gasteiger partial charge in [0.25, 0.3) is 0 Å². The highest BCUT2D eigenvalue weighted by molar-refractivity contribution is 5.35. The lowest BCUT2D eigenvalue weighted by Gasteiger charge is -2.21. The summed E-state index contributed by atoms with van der Waals surface area (Å²) in [6.07, 6.45) is 2.04. The van der Waals surface area contributed by atoms with Gasteiger partial charge in [0.15, 0.2) is 0 Å². The molecule has 2 heteroatoms. The monoisotopic (exact) mass is 285 g/mol. The zero-order valence-corrected chi connectivity index (χ0v) is 13.1. The predicted molar refractivity (Wildman–Crippen MR) is 87.1 cm³/mol. The smallest absolute Gasteiger partial charge is 0.128 e. The van der Waals surface area contributed by atoms with Gasteiger partial charge in [0, 0.05) is 5.56 Å². The summed E-state index contributed by atoms with van der Waals surface area (Å²) in [5, 5.41) is 3.46. The lowest BCUT2D eigenvalue weighted by molar-refractivity contribution is 0.546. The van der Waals surface area contributed by atoms with Crippen LogP contribution in [0.1, 0.15) is 48.6 Å². The van der Waals surface area contributed by atoms with Crippen molar-refractivity contribution in [2.45, 2.75) is 39.7 Å². The Hall–Kier alpha value is -1.67. The highest BCUT2D eigenvalue weighted by Gasteiger charge is 2.17. The van der Waals surface area contributed by atoms with Gasteiger partial charge >= 0.3 is 0 Å². The second-order valence-corrected chi connectivity index (χ2v) is 5.51. The van der Waals surface area contributed by atoms with Crippen LogP contribution in [0.2, 0.25) is 0 Å². The number of halogens is 1. The molecule has 0 saturated carbocycles. The molecular formula is C19H24FN. The molecule has 1 atom stereocenters. The van der Waals surface area contributed by atoms with Crippen molar-refractivity contribution >= 4 is 0 Å². The minimum absolute atomic E-state index is 0.0866. The highest BCUT2D eigenvalue weighted by atomic mass is 19.1. The van der Waals surface area contributed by atoms with E-state index < -0.39 is 0 Å². The summed E-state index contributed by atoms with van der Waals surface area (Å²) in [4.78, 5) is 0. The number of hydrogen-bond acceptors (Lipinski definition) is 1. The van der Waals surface area contributed by atoms with E-state index in [4.69, 9.17) is 0 Å². The minimum Gasteiger partial charge on any atom is -0.306 e. The molecule has 0 amide bonds. The zero-order chi connectivity index (χ0) is 15.2. The van der Waals surface area contributed by atoms with E-state index in [9.17, 15) is 4.39 Å². The fourth-order valence-electron chi connectivity index (χ4n) is 2.51. The first-order chi connectivity index (χ1) is 10.2. The number of aryl methyl sites for hydroxylation is 2. The Balaban J connectivity index is 2.36. The standard InChI is InChI=1S/C19H24FN/c1-4-12-21-19(16-9-7-15(5-2)8-10-16)17-11-6-14(3)13-18(17)20/h6-11,13,19,21H,4-5,12H2,1-3H3. The molecule has 2 aromatic rings. The van der Waals surface area contributed by atoms with E-state index in [0.717, 1.165) is 36.1 Å². The molecule has 0 fully saturated rings. The van der Waals surface area contributed by atoms with Crippen LogP contribution in [0.25, 0.3) is 0 Å². The molecule has 0 aromatic heterocycles. The van der Waals surface area contributed by atoms with Crippen molar-refractivity contribution < 1.29 is 4.39 Å². The van der Waals surface area contributed by atoms with E-state index in [0.29, 0.717) is 0 Å². The Kier molecular flexibility index (Phi) is 5.51. The third-order valence-electron chi connectivity index (χ3n) is 3.79. The van der Waals surface area contributed by atoms with Gasteiger partial charge in [-0.2, -0.15) is 0 Å². The molecule has 0 heterocycles. The number of hydrogen-bond donors (Lipinski definition) is 1. The molecular weight excluding hydrogens is 261 g/mol. The van der Waals surface area contributed by atoms with Crippen molar-refractivity contribution in [3.05, 3.63) is 70.5 Å². The van der Waals surface area contributed by atoms with E-state index in [1.807, 2.05) is 19.1 Å². The van der Waals surface area contributed by atoms with Gasteiger partial charge in [-0.25, -0.2) is 4.39 Å². The van der Waals surface area contributed by atoms with Crippen molar-refractivity contribution in [2.24, 2.45) is 0 Å². The maximum absolute atomic E-state index is 14.3. The van der Waals surface area contributed by atoms with Crippen molar-refractivity contribution in [2.75, 3.05) is 6.54 Å². The first kappa shape index (κ1) is 15.7. The summed E-state index contributed by atoms with van der Waals surface area (Å²) < 4.78 is 14.3. The predicted octanol–water partition coefficient (Wildman–Crippen LogP) is 4.79. The summed E-state index contributed by atoms with van der Waals surface area (Å²) in [5.74, 6) is -0.136. The first-order valence-corrected chi connectivity index (χ1v) is 7.74. The number of nitrogens with one attached hydrogen (secondary N) is 1. The number of benzene rings is 2. The third kappa shape index (κ3) is 3.92. The van der Waals surface area contributed by atoms with Crippen LogP contribution in [-0.2, 0) is 6.42 Å². The number of rotatable bonds is 6. The van der Waals surface area contributed by atoms with Crippen molar-refractivity contribution in [1.82, 2.24) is 5.32 Å². The van der Waals surface area contributed by atoms with E-state index in [1.165, 1.54) is 5.56 Å². The zero-order valence-electron chi connectivity index (χ0n) is 13.1. The quantitative estimate of drug-likeness (QED) is 0.805. The molecule has 0 saturated heterocycles. The van der Waals surface area contributed by atoms with Crippen molar-refractivity contribution in [3.63, 3.8) is 0 Å². The Morgan fingerprint density at radius 1 is 1.05 bits per heavy atom. The Labute approximate surface area is 127 Å². The van der Waals surface area contributed by atoms with Gasteiger partial charge in [-0.1, -0.05) is 50.2 Å². The fraction of sp³-hybridized carbons (Fsp3) is 0.368. The normalized spacial score (nSPS) is 12.4. The molecule has 1 nitrogen and oxygen atoms in total. The van der Waals surface area contributed by atoms with Crippen LogP contribution in [0.5, 0.6) is 0 Å². The van der Waals surface area contributed by atoms with Crippen LogP contribution in [0.4, 0.5) is 4.39 Å².